The van der Waals surface area contributed by atoms with Gasteiger partial charge >= 0.3 is 12.1 Å². The summed E-state index contributed by atoms with van der Waals surface area (Å²) in [5, 5.41) is 10.5. The van der Waals surface area contributed by atoms with Gasteiger partial charge in [0.25, 0.3) is 0 Å². The lowest BCUT2D eigenvalue weighted by molar-refractivity contribution is -0.136. The Balaban J connectivity index is 2.03. The van der Waals surface area contributed by atoms with Crippen LogP contribution in [-0.4, -0.2) is 26.8 Å². The number of hydrogen-bond acceptors (Lipinski definition) is 2. The minimum Gasteiger partial charge on any atom is -0.478 e. The Morgan fingerprint density at radius 2 is 2.00 bits per heavy atom. The molecule has 4 nitrogen and oxygen atoms in total. The molecule has 0 unspecified atom stereocenters. The molecule has 0 aliphatic rings. The van der Waals surface area contributed by atoms with Gasteiger partial charge in [0.2, 0.25) is 0 Å². The first kappa shape index (κ1) is 18.3. The van der Waals surface area contributed by atoms with E-state index in [1.54, 1.807) is 24.4 Å². The molecule has 136 valence electrons. The van der Waals surface area contributed by atoms with Crippen LogP contribution in [0.25, 0.3) is 10.9 Å². The minimum atomic E-state index is -4.26. The SMILES string of the molecule is O=C(O)c1ccncc1Cc1cn(CCC(F)(F)F)c2ccc(Cl)cc12. The van der Waals surface area contributed by atoms with E-state index in [9.17, 15) is 23.1 Å². The van der Waals surface area contributed by atoms with E-state index in [1.165, 1.54) is 23.0 Å². The molecule has 3 aromatic rings. The lowest BCUT2D eigenvalue weighted by Gasteiger charge is -2.08. The number of carboxylic acid groups (broad SMARTS) is 1. The highest BCUT2D eigenvalue weighted by Crippen LogP contribution is 2.29. The van der Waals surface area contributed by atoms with Crippen LogP contribution in [0.2, 0.25) is 5.02 Å². The van der Waals surface area contributed by atoms with E-state index in [-0.39, 0.29) is 18.5 Å². The molecule has 0 amide bonds. The Hall–Kier alpha value is -2.54. The first-order valence-corrected chi connectivity index (χ1v) is 8.12. The summed E-state index contributed by atoms with van der Waals surface area (Å²) in [6.45, 7) is -0.222. The van der Waals surface area contributed by atoms with Crippen molar-refractivity contribution in [3.8, 4) is 0 Å². The maximum Gasteiger partial charge on any atom is 0.390 e. The number of carbonyl (C=O) groups is 1. The zero-order valence-electron chi connectivity index (χ0n) is 13.4. The van der Waals surface area contributed by atoms with E-state index >= 15 is 0 Å². The van der Waals surface area contributed by atoms with Crippen molar-refractivity contribution in [1.29, 1.82) is 0 Å². The molecule has 0 spiro atoms. The molecule has 0 aliphatic carbocycles. The number of aromatic nitrogens is 2. The Bertz CT molecular complexity index is 967. The largest absolute Gasteiger partial charge is 0.478 e. The van der Waals surface area contributed by atoms with E-state index in [2.05, 4.69) is 4.98 Å². The second-order valence-corrected chi connectivity index (χ2v) is 6.33. The van der Waals surface area contributed by atoms with Crippen molar-refractivity contribution < 1.29 is 23.1 Å². The molecular formula is C18H14ClF3N2O2. The van der Waals surface area contributed by atoms with E-state index in [1.807, 2.05) is 0 Å². The Morgan fingerprint density at radius 1 is 1.23 bits per heavy atom. The van der Waals surface area contributed by atoms with E-state index in [4.69, 9.17) is 11.6 Å². The molecule has 1 aromatic carbocycles. The van der Waals surface area contributed by atoms with Crippen molar-refractivity contribution in [3.05, 3.63) is 64.6 Å². The monoisotopic (exact) mass is 382 g/mol. The summed E-state index contributed by atoms with van der Waals surface area (Å²) in [7, 11) is 0. The summed E-state index contributed by atoms with van der Waals surface area (Å²) in [4.78, 5) is 15.3. The average molecular weight is 383 g/mol. The van der Waals surface area contributed by atoms with E-state index in [0.29, 0.717) is 27.1 Å². The number of benzene rings is 1. The normalized spacial score (nSPS) is 11.8. The molecule has 0 atom stereocenters. The van der Waals surface area contributed by atoms with Crippen LogP contribution in [0.1, 0.15) is 27.9 Å². The molecular weight excluding hydrogens is 369 g/mol. The molecule has 1 N–H and O–H groups in total. The third-order valence-corrected chi connectivity index (χ3v) is 4.31. The molecule has 0 saturated heterocycles. The number of halogens is 4. The summed E-state index contributed by atoms with van der Waals surface area (Å²) in [6.07, 6.45) is -0.533. The van der Waals surface area contributed by atoms with Crippen molar-refractivity contribution in [3.63, 3.8) is 0 Å². The predicted molar refractivity (Wildman–Crippen MR) is 91.6 cm³/mol. The number of fused-ring (bicyclic) bond motifs is 1. The van der Waals surface area contributed by atoms with Crippen LogP contribution in [-0.2, 0) is 13.0 Å². The van der Waals surface area contributed by atoms with Gasteiger partial charge in [-0.1, -0.05) is 11.6 Å². The molecule has 26 heavy (non-hydrogen) atoms. The van der Waals surface area contributed by atoms with E-state index in [0.717, 1.165) is 0 Å². The number of nitrogens with zero attached hydrogens (tertiary/aromatic N) is 2. The third-order valence-electron chi connectivity index (χ3n) is 4.08. The minimum absolute atomic E-state index is 0.109. The average Bonchev–Trinajstić information content (AvgIpc) is 2.90. The summed E-state index contributed by atoms with van der Waals surface area (Å²) in [5.74, 6) is -1.08. The number of carboxylic acids is 1. The van der Waals surface area contributed by atoms with Crippen LogP contribution in [0.5, 0.6) is 0 Å². The van der Waals surface area contributed by atoms with Gasteiger partial charge in [-0.25, -0.2) is 4.79 Å². The fraction of sp³-hybridized carbons (Fsp3) is 0.222. The number of aromatic carboxylic acids is 1. The number of rotatable bonds is 5. The number of alkyl halides is 3. The van der Waals surface area contributed by atoms with Gasteiger partial charge in [0.1, 0.15) is 0 Å². The standard InChI is InChI=1S/C18H14ClF3N2O2/c19-13-1-2-16-15(8-13)12(10-24(16)6-4-18(20,21)22)7-11-9-23-5-3-14(11)17(25)26/h1-3,5,8-10H,4,6-7H2,(H,25,26). The van der Waals surface area contributed by atoms with Crippen molar-refractivity contribution in [1.82, 2.24) is 9.55 Å². The molecule has 0 radical (unpaired) electrons. The molecule has 2 heterocycles. The van der Waals surface area contributed by atoms with Crippen LogP contribution in [0.15, 0.2) is 42.9 Å². The Kier molecular flexibility index (Phi) is 4.91. The van der Waals surface area contributed by atoms with Crippen molar-refractivity contribution in [2.45, 2.75) is 25.6 Å². The van der Waals surface area contributed by atoms with Gasteiger partial charge < -0.3 is 9.67 Å². The van der Waals surface area contributed by atoms with Crippen LogP contribution >= 0.6 is 11.6 Å². The van der Waals surface area contributed by atoms with Gasteiger partial charge in [-0.2, -0.15) is 13.2 Å². The zero-order chi connectivity index (χ0) is 18.9. The number of aryl methyl sites for hydroxylation is 1. The summed E-state index contributed by atoms with van der Waals surface area (Å²) >= 11 is 6.04. The quantitative estimate of drug-likeness (QED) is 0.680. The fourth-order valence-electron chi connectivity index (χ4n) is 2.90. The molecule has 2 aromatic heterocycles. The topological polar surface area (TPSA) is 55.1 Å². The molecule has 3 rings (SSSR count). The maximum absolute atomic E-state index is 12.6. The lowest BCUT2D eigenvalue weighted by Crippen LogP contribution is -2.11. The molecule has 0 aliphatic heterocycles. The van der Waals surface area contributed by atoms with Crippen LogP contribution < -0.4 is 0 Å². The van der Waals surface area contributed by atoms with Gasteiger partial charge in [0.05, 0.1) is 12.0 Å². The highest BCUT2D eigenvalue weighted by atomic mass is 35.5. The molecule has 0 saturated carbocycles. The van der Waals surface area contributed by atoms with Gasteiger partial charge in [-0.15, -0.1) is 0 Å². The smallest absolute Gasteiger partial charge is 0.390 e. The van der Waals surface area contributed by atoms with Gasteiger partial charge in [0.15, 0.2) is 0 Å². The van der Waals surface area contributed by atoms with Crippen LogP contribution in [0.3, 0.4) is 0 Å². The summed E-state index contributed by atoms with van der Waals surface area (Å²) < 4.78 is 39.3. The molecule has 0 bridgehead atoms. The van der Waals surface area contributed by atoms with E-state index < -0.39 is 18.6 Å². The predicted octanol–water partition coefficient (Wildman–Crippen LogP) is 4.93. The zero-order valence-corrected chi connectivity index (χ0v) is 14.2. The Labute approximate surface area is 151 Å². The second kappa shape index (κ2) is 6.99. The Morgan fingerprint density at radius 3 is 2.69 bits per heavy atom. The van der Waals surface area contributed by atoms with Crippen molar-refractivity contribution >= 4 is 28.5 Å². The van der Waals surface area contributed by atoms with Gasteiger partial charge in [-0.3, -0.25) is 4.98 Å². The first-order valence-electron chi connectivity index (χ1n) is 7.75. The number of hydrogen-bond donors (Lipinski definition) is 1. The van der Waals surface area contributed by atoms with Crippen LogP contribution in [0, 0.1) is 0 Å². The number of pyridine rings is 1. The van der Waals surface area contributed by atoms with Crippen LogP contribution in [0.4, 0.5) is 13.2 Å². The van der Waals surface area contributed by atoms with Crippen molar-refractivity contribution in [2.75, 3.05) is 0 Å². The van der Waals surface area contributed by atoms with Gasteiger partial charge in [-0.05, 0) is 35.4 Å². The highest BCUT2D eigenvalue weighted by Gasteiger charge is 2.27. The third kappa shape index (κ3) is 3.99. The molecule has 0 fully saturated rings. The highest BCUT2D eigenvalue weighted by molar-refractivity contribution is 6.31. The maximum atomic E-state index is 12.6. The second-order valence-electron chi connectivity index (χ2n) is 5.89. The fourth-order valence-corrected chi connectivity index (χ4v) is 3.07. The molecule has 8 heteroatoms. The summed E-state index contributed by atoms with van der Waals surface area (Å²) in [5.41, 5.74) is 1.91. The van der Waals surface area contributed by atoms with Gasteiger partial charge in [0, 0.05) is 47.5 Å². The summed E-state index contributed by atoms with van der Waals surface area (Å²) in [6, 6.07) is 6.35. The van der Waals surface area contributed by atoms with Crippen molar-refractivity contribution in [2.24, 2.45) is 0 Å². The lowest BCUT2D eigenvalue weighted by atomic mass is 10.0. The first-order chi connectivity index (χ1) is 12.2.